The van der Waals surface area contributed by atoms with Gasteiger partial charge in [0.05, 0.1) is 11.8 Å². The zero-order valence-electron chi connectivity index (χ0n) is 17.4. The van der Waals surface area contributed by atoms with Crippen LogP contribution in [0.5, 0.6) is 0 Å². The topological polar surface area (TPSA) is 159 Å². The number of nitrogens with one attached hydrogen (secondary N) is 2. The predicted molar refractivity (Wildman–Crippen MR) is 104 cm³/mol. The van der Waals surface area contributed by atoms with Gasteiger partial charge in [0.1, 0.15) is 0 Å². The molecule has 9 nitrogen and oxygen atoms in total. The number of carbonyl (C=O) groups is 4. The third-order valence-corrected chi connectivity index (χ3v) is 5.09. The molecule has 0 spiro atoms. The molecule has 0 rings (SSSR count). The van der Waals surface area contributed by atoms with Crippen molar-refractivity contribution in [3.63, 3.8) is 0 Å². The van der Waals surface area contributed by atoms with E-state index in [-0.39, 0.29) is 25.4 Å². The molecule has 0 aromatic carbocycles. The number of rotatable bonds is 13. The van der Waals surface area contributed by atoms with Crippen molar-refractivity contribution in [2.45, 2.75) is 47.5 Å². The van der Waals surface area contributed by atoms with Crippen LogP contribution >= 0.6 is 0 Å². The van der Waals surface area contributed by atoms with Crippen molar-refractivity contribution in [1.82, 2.24) is 10.6 Å². The quantitative estimate of drug-likeness (QED) is 0.303. The van der Waals surface area contributed by atoms with Gasteiger partial charge in [-0.05, 0) is 18.3 Å². The smallest absolute Gasteiger partial charge is 0.307 e. The summed E-state index contributed by atoms with van der Waals surface area (Å²) in [5.41, 5.74) is 4.31. The fraction of sp³-hybridized carbons (Fsp3) is 0.789. The number of carboxylic acid groups (broad SMARTS) is 2. The SMILES string of the molecule is CCCNC(=O)C(C)C(CC(C)(C)C(C(=O)O)C(C)C(=O)NCCN)C(=O)O. The molecular formula is C19H35N3O6. The molecule has 162 valence electrons. The second kappa shape index (κ2) is 11.6. The van der Waals surface area contributed by atoms with Gasteiger partial charge in [0.25, 0.3) is 0 Å². The molecule has 2 amide bonds. The van der Waals surface area contributed by atoms with E-state index < -0.39 is 46.9 Å². The Morgan fingerprint density at radius 3 is 1.86 bits per heavy atom. The van der Waals surface area contributed by atoms with Gasteiger partial charge in [-0.1, -0.05) is 34.6 Å². The van der Waals surface area contributed by atoms with Gasteiger partial charge >= 0.3 is 11.9 Å². The Kier molecular flexibility index (Phi) is 10.7. The fourth-order valence-corrected chi connectivity index (χ4v) is 3.50. The number of carbonyl (C=O) groups excluding carboxylic acids is 2. The van der Waals surface area contributed by atoms with Crippen molar-refractivity contribution in [2.75, 3.05) is 19.6 Å². The summed E-state index contributed by atoms with van der Waals surface area (Å²) in [6, 6.07) is 0. The Morgan fingerprint density at radius 1 is 0.929 bits per heavy atom. The maximum absolute atomic E-state index is 12.3. The van der Waals surface area contributed by atoms with Crippen LogP contribution in [0.3, 0.4) is 0 Å². The predicted octanol–water partition coefficient (Wildman–Crippen LogP) is 0.678. The average Bonchev–Trinajstić information content (AvgIpc) is 2.60. The summed E-state index contributed by atoms with van der Waals surface area (Å²) in [4.78, 5) is 48.2. The van der Waals surface area contributed by atoms with Gasteiger partial charge < -0.3 is 26.6 Å². The third kappa shape index (κ3) is 7.46. The van der Waals surface area contributed by atoms with Gasteiger partial charge in [0.15, 0.2) is 0 Å². The summed E-state index contributed by atoms with van der Waals surface area (Å²) in [7, 11) is 0. The molecule has 9 heteroatoms. The second-order valence-corrected chi connectivity index (χ2v) is 7.90. The van der Waals surface area contributed by atoms with Gasteiger partial charge in [-0.25, -0.2) is 0 Å². The Balaban J connectivity index is 5.55. The monoisotopic (exact) mass is 401 g/mol. The van der Waals surface area contributed by atoms with Gasteiger partial charge in [-0.2, -0.15) is 0 Å². The van der Waals surface area contributed by atoms with Crippen molar-refractivity contribution in [3.05, 3.63) is 0 Å². The summed E-state index contributed by atoms with van der Waals surface area (Å²) < 4.78 is 0. The van der Waals surface area contributed by atoms with Crippen LogP contribution in [0.2, 0.25) is 0 Å². The van der Waals surface area contributed by atoms with Crippen molar-refractivity contribution in [1.29, 1.82) is 0 Å². The molecule has 0 bridgehead atoms. The molecule has 0 aromatic heterocycles. The minimum Gasteiger partial charge on any atom is -0.481 e. The number of nitrogens with two attached hydrogens (primary N) is 1. The minimum absolute atomic E-state index is 0.0610. The first kappa shape index (κ1) is 25.8. The van der Waals surface area contributed by atoms with E-state index in [4.69, 9.17) is 5.73 Å². The molecule has 28 heavy (non-hydrogen) atoms. The number of amides is 2. The van der Waals surface area contributed by atoms with Crippen molar-refractivity contribution in [3.8, 4) is 0 Å². The maximum Gasteiger partial charge on any atom is 0.307 e. The number of carboxylic acids is 2. The van der Waals surface area contributed by atoms with E-state index in [0.29, 0.717) is 6.54 Å². The molecule has 0 saturated carbocycles. The van der Waals surface area contributed by atoms with Crippen LogP contribution in [-0.2, 0) is 19.2 Å². The molecule has 0 radical (unpaired) electrons. The first-order valence-electron chi connectivity index (χ1n) is 9.61. The molecule has 0 aromatic rings. The average molecular weight is 402 g/mol. The van der Waals surface area contributed by atoms with Crippen LogP contribution < -0.4 is 16.4 Å². The maximum atomic E-state index is 12.3. The van der Waals surface area contributed by atoms with Crippen molar-refractivity contribution >= 4 is 23.8 Å². The lowest BCUT2D eigenvalue weighted by Gasteiger charge is -2.37. The van der Waals surface area contributed by atoms with E-state index in [1.807, 2.05) is 6.92 Å². The summed E-state index contributed by atoms with van der Waals surface area (Å²) in [5.74, 6) is -7.12. The normalized spacial score (nSPS) is 15.8. The number of aliphatic carboxylic acids is 2. The third-order valence-electron chi connectivity index (χ3n) is 5.09. The Labute approximate surface area is 166 Å². The largest absolute Gasteiger partial charge is 0.481 e. The van der Waals surface area contributed by atoms with E-state index in [9.17, 15) is 29.4 Å². The standard InChI is InChI=1S/C19H35N3O6/c1-6-8-21-15(23)11(2)13(17(25)26)10-19(4,5)14(18(27)28)12(3)16(24)22-9-7-20/h11-14H,6-10,20H2,1-5H3,(H,21,23)(H,22,24)(H,25,26)(H,27,28). The van der Waals surface area contributed by atoms with Crippen LogP contribution in [0.15, 0.2) is 0 Å². The Bertz CT molecular complexity index is 564. The number of hydrogen-bond acceptors (Lipinski definition) is 5. The van der Waals surface area contributed by atoms with Gasteiger partial charge in [0, 0.05) is 31.5 Å². The van der Waals surface area contributed by atoms with Crippen LogP contribution in [0.25, 0.3) is 0 Å². The molecule has 0 heterocycles. The van der Waals surface area contributed by atoms with Crippen molar-refractivity contribution < 1.29 is 29.4 Å². The highest BCUT2D eigenvalue weighted by atomic mass is 16.4. The van der Waals surface area contributed by atoms with Crippen LogP contribution in [0, 0.1) is 29.1 Å². The molecule has 0 aliphatic heterocycles. The van der Waals surface area contributed by atoms with Gasteiger partial charge in [-0.3, -0.25) is 19.2 Å². The first-order chi connectivity index (χ1) is 12.9. The minimum atomic E-state index is -1.19. The summed E-state index contributed by atoms with van der Waals surface area (Å²) in [5, 5.41) is 24.6. The lowest BCUT2D eigenvalue weighted by atomic mass is 9.66. The highest BCUT2D eigenvalue weighted by molar-refractivity contribution is 5.86. The van der Waals surface area contributed by atoms with E-state index in [1.165, 1.54) is 13.8 Å². The molecule has 6 N–H and O–H groups in total. The zero-order chi connectivity index (χ0) is 22.1. The zero-order valence-corrected chi connectivity index (χ0v) is 17.4. The lowest BCUT2D eigenvalue weighted by Crippen LogP contribution is -2.46. The highest BCUT2D eigenvalue weighted by Gasteiger charge is 2.45. The molecule has 0 fully saturated rings. The van der Waals surface area contributed by atoms with Gasteiger partial charge in [-0.15, -0.1) is 0 Å². The first-order valence-corrected chi connectivity index (χ1v) is 9.61. The van der Waals surface area contributed by atoms with E-state index in [2.05, 4.69) is 10.6 Å². The molecule has 0 saturated heterocycles. The molecule has 4 unspecified atom stereocenters. The molecule has 0 aliphatic carbocycles. The Hall–Kier alpha value is -2.16. The van der Waals surface area contributed by atoms with Crippen LogP contribution in [-0.4, -0.2) is 53.6 Å². The second-order valence-electron chi connectivity index (χ2n) is 7.90. The summed E-state index contributed by atoms with van der Waals surface area (Å²) in [6.45, 7) is 9.03. The molecule has 4 atom stereocenters. The van der Waals surface area contributed by atoms with E-state index >= 15 is 0 Å². The fourth-order valence-electron chi connectivity index (χ4n) is 3.50. The Morgan fingerprint density at radius 2 is 1.43 bits per heavy atom. The molecular weight excluding hydrogens is 366 g/mol. The summed E-state index contributed by atoms with van der Waals surface area (Å²) in [6.07, 6.45) is 0.659. The summed E-state index contributed by atoms with van der Waals surface area (Å²) >= 11 is 0. The molecule has 0 aliphatic rings. The van der Waals surface area contributed by atoms with E-state index in [0.717, 1.165) is 6.42 Å². The highest BCUT2D eigenvalue weighted by Crippen LogP contribution is 2.40. The van der Waals surface area contributed by atoms with Crippen molar-refractivity contribution in [2.24, 2.45) is 34.8 Å². The van der Waals surface area contributed by atoms with Gasteiger partial charge in [0.2, 0.25) is 11.8 Å². The number of hydrogen-bond donors (Lipinski definition) is 5. The van der Waals surface area contributed by atoms with Crippen LogP contribution in [0.4, 0.5) is 0 Å². The van der Waals surface area contributed by atoms with Crippen LogP contribution in [0.1, 0.15) is 47.5 Å². The lowest BCUT2D eigenvalue weighted by molar-refractivity contribution is -0.156. The van der Waals surface area contributed by atoms with E-state index in [1.54, 1.807) is 13.8 Å².